The van der Waals surface area contributed by atoms with Gasteiger partial charge in [-0.2, -0.15) is 9.40 Å². The van der Waals surface area contributed by atoms with Crippen LogP contribution in [-0.4, -0.2) is 57.2 Å². The van der Waals surface area contributed by atoms with Crippen LogP contribution in [0, 0.1) is 12.8 Å². The molecule has 0 aliphatic carbocycles. The van der Waals surface area contributed by atoms with Crippen LogP contribution in [0.15, 0.2) is 66.0 Å². The van der Waals surface area contributed by atoms with E-state index < -0.39 is 10.0 Å². The minimum atomic E-state index is -3.45. The summed E-state index contributed by atoms with van der Waals surface area (Å²) >= 11 is 0. The summed E-state index contributed by atoms with van der Waals surface area (Å²) in [5.41, 5.74) is 2.87. The molecule has 10 heteroatoms. The Kier molecular flexibility index (Phi) is 7.29. The van der Waals surface area contributed by atoms with Crippen LogP contribution in [0.2, 0.25) is 0 Å². The van der Waals surface area contributed by atoms with Crippen molar-refractivity contribution in [2.75, 3.05) is 20.2 Å². The lowest BCUT2D eigenvalue weighted by Crippen LogP contribution is -2.40. The molecule has 2 aromatic heterocycles. The van der Waals surface area contributed by atoms with Crippen LogP contribution >= 0.6 is 0 Å². The highest BCUT2D eigenvalue weighted by atomic mass is 32.2. The largest absolute Gasteiger partial charge is 0.495 e. The third kappa shape index (κ3) is 5.21. The Balaban J connectivity index is 1.15. The Morgan fingerprint density at radius 3 is 2.52 bits per heavy atom. The predicted octanol–water partition coefficient (Wildman–Crippen LogP) is 4.93. The number of ether oxygens (including phenoxy) is 1. The van der Waals surface area contributed by atoms with E-state index in [2.05, 4.69) is 4.98 Å². The van der Waals surface area contributed by atoms with E-state index in [1.807, 2.05) is 58.8 Å². The maximum atomic E-state index is 13.1. The van der Waals surface area contributed by atoms with Crippen LogP contribution in [0.4, 0.5) is 0 Å². The highest BCUT2D eigenvalue weighted by Gasteiger charge is 2.36. The predicted molar refractivity (Wildman–Crippen MR) is 154 cm³/mol. The van der Waals surface area contributed by atoms with E-state index in [1.165, 1.54) is 0 Å². The van der Waals surface area contributed by atoms with Crippen LogP contribution in [0.25, 0.3) is 17.8 Å². The molecule has 0 N–H and O–H groups in total. The minimum Gasteiger partial charge on any atom is -0.495 e. The van der Waals surface area contributed by atoms with E-state index in [4.69, 9.17) is 14.8 Å². The Hall–Kier alpha value is -3.76. The molecular weight excluding hydrogens is 524 g/mol. The van der Waals surface area contributed by atoms with E-state index >= 15 is 0 Å². The van der Waals surface area contributed by atoms with Crippen molar-refractivity contribution in [3.05, 3.63) is 84.0 Å². The maximum Gasteiger partial charge on any atom is 0.243 e. The number of benzene rings is 2. The molecule has 1 fully saturated rings. The molecule has 1 saturated heterocycles. The second-order valence-electron chi connectivity index (χ2n) is 10.5. The van der Waals surface area contributed by atoms with Crippen LogP contribution in [0.3, 0.4) is 0 Å². The smallest absolute Gasteiger partial charge is 0.243 e. The van der Waals surface area contributed by atoms with E-state index in [0.717, 1.165) is 60.7 Å². The molecule has 2 aliphatic heterocycles. The van der Waals surface area contributed by atoms with Crippen molar-refractivity contribution in [2.45, 2.75) is 50.0 Å². The monoisotopic (exact) mass is 558 g/mol. The normalized spacial score (nSPS) is 18.7. The Morgan fingerprint density at radius 2 is 1.80 bits per heavy atom. The van der Waals surface area contributed by atoms with Crippen molar-refractivity contribution in [1.82, 2.24) is 28.6 Å². The summed E-state index contributed by atoms with van der Waals surface area (Å²) in [5.74, 6) is 3.17. The molecular formula is C30H34N6O3S. The standard InChI is InChI=1S/C30H34N6O3S/c1-22-20-34(21-31-22)27-12-10-23(19-28(27)39-2)11-13-29-32-30-26(9-6-16-36(30)33-29)24-14-17-35(18-15-24)40(37,38)25-7-4-3-5-8-25/h3-5,7-8,10-13,19-21,24,26H,6,9,14-18H2,1-2H3/t26-/m0/s1. The number of rotatable bonds is 7. The summed E-state index contributed by atoms with van der Waals surface area (Å²) in [4.78, 5) is 9.62. The molecule has 0 unspecified atom stereocenters. The van der Waals surface area contributed by atoms with Gasteiger partial charge >= 0.3 is 0 Å². The number of aryl methyl sites for hydroxylation is 2. The van der Waals surface area contributed by atoms with Gasteiger partial charge in [-0.15, -0.1) is 0 Å². The lowest BCUT2D eigenvalue weighted by molar-refractivity contribution is 0.215. The average molecular weight is 559 g/mol. The van der Waals surface area contributed by atoms with E-state index in [0.29, 0.717) is 35.6 Å². The average Bonchev–Trinajstić information content (AvgIpc) is 3.62. The zero-order valence-electron chi connectivity index (χ0n) is 22.8. The van der Waals surface area contributed by atoms with Crippen molar-refractivity contribution in [2.24, 2.45) is 5.92 Å². The summed E-state index contributed by atoms with van der Waals surface area (Å²) in [6.07, 6.45) is 11.5. The number of methoxy groups -OCH3 is 1. The SMILES string of the molecule is COc1cc(C=Cc2nc3n(n2)CCC[C@H]3C2CCN(S(=O)(=O)c3ccccc3)CC2)ccc1-n1cnc(C)c1. The van der Waals surface area contributed by atoms with Crippen LogP contribution < -0.4 is 4.74 Å². The van der Waals surface area contributed by atoms with Gasteiger partial charge in [0.1, 0.15) is 11.6 Å². The first-order chi connectivity index (χ1) is 19.4. The van der Waals surface area contributed by atoms with Crippen molar-refractivity contribution in [3.63, 3.8) is 0 Å². The second-order valence-corrected chi connectivity index (χ2v) is 12.5. The molecule has 2 aliphatic rings. The van der Waals surface area contributed by atoms with Gasteiger partial charge in [-0.3, -0.25) is 0 Å². The number of sulfonamides is 1. The number of aromatic nitrogens is 5. The second kappa shape index (κ2) is 11.0. The molecule has 208 valence electrons. The van der Waals surface area contributed by atoms with Crippen molar-refractivity contribution >= 4 is 22.2 Å². The van der Waals surface area contributed by atoms with Gasteiger partial charge < -0.3 is 9.30 Å². The molecule has 40 heavy (non-hydrogen) atoms. The third-order valence-corrected chi connectivity index (χ3v) is 9.91. The lowest BCUT2D eigenvalue weighted by atomic mass is 9.80. The summed E-state index contributed by atoms with van der Waals surface area (Å²) in [7, 11) is -1.78. The van der Waals surface area contributed by atoms with Gasteiger partial charge in [0.15, 0.2) is 5.82 Å². The Morgan fingerprint density at radius 1 is 1.00 bits per heavy atom. The van der Waals surface area contributed by atoms with E-state index in [1.54, 1.807) is 42.0 Å². The molecule has 1 atom stereocenters. The quantitative estimate of drug-likeness (QED) is 0.319. The van der Waals surface area contributed by atoms with Gasteiger partial charge in [0.2, 0.25) is 10.0 Å². The molecule has 9 nitrogen and oxygen atoms in total. The molecule has 4 aromatic rings. The molecule has 4 heterocycles. The van der Waals surface area contributed by atoms with Gasteiger partial charge in [0.05, 0.1) is 29.7 Å². The topological polar surface area (TPSA) is 95.1 Å². The zero-order chi connectivity index (χ0) is 27.7. The third-order valence-electron chi connectivity index (χ3n) is 8.00. The Labute approximate surface area is 235 Å². The maximum absolute atomic E-state index is 13.1. The number of nitrogens with zero attached hydrogens (tertiary/aromatic N) is 6. The molecule has 0 bridgehead atoms. The summed E-state index contributed by atoms with van der Waals surface area (Å²) < 4.78 is 37.4. The van der Waals surface area contributed by atoms with Crippen molar-refractivity contribution in [3.8, 4) is 11.4 Å². The summed E-state index contributed by atoms with van der Waals surface area (Å²) in [5, 5.41) is 4.78. The summed E-state index contributed by atoms with van der Waals surface area (Å²) in [6, 6.07) is 14.8. The number of hydrogen-bond donors (Lipinski definition) is 0. The molecule has 0 amide bonds. The molecule has 0 radical (unpaired) electrons. The van der Waals surface area contributed by atoms with Crippen LogP contribution in [0.1, 0.15) is 54.5 Å². The minimum absolute atomic E-state index is 0.294. The number of hydrogen-bond acceptors (Lipinski definition) is 6. The molecule has 0 saturated carbocycles. The molecule has 6 rings (SSSR count). The highest BCUT2D eigenvalue weighted by Crippen LogP contribution is 2.39. The van der Waals surface area contributed by atoms with Gasteiger partial charge in [-0.25, -0.2) is 23.1 Å². The number of piperidine rings is 1. The zero-order valence-corrected chi connectivity index (χ0v) is 23.7. The number of fused-ring (bicyclic) bond motifs is 1. The fourth-order valence-electron chi connectivity index (χ4n) is 5.91. The van der Waals surface area contributed by atoms with E-state index in [-0.39, 0.29) is 0 Å². The fraction of sp³-hybridized carbons (Fsp3) is 0.367. The first kappa shape index (κ1) is 26.5. The molecule has 2 aromatic carbocycles. The first-order valence-corrected chi connectivity index (χ1v) is 15.2. The van der Waals surface area contributed by atoms with Gasteiger partial charge in [0, 0.05) is 31.7 Å². The fourth-order valence-corrected chi connectivity index (χ4v) is 7.40. The molecule has 0 spiro atoms. The van der Waals surface area contributed by atoms with Crippen molar-refractivity contribution in [1.29, 1.82) is 0 Å². The van der Waals surface area contributed by atoms with E-state index in [9.17, 15) is 8.42 Å². The summed E-state index contributed by atoms with van der Waals surface area (Å²) in [6.45, 7) is 3.90. The van der Waals surface area contributed by atoms with Crippen molar-refractivity contribution < 1.29 is 13.2 Å². The van der Waals surface area contributed by atoms with Gasteiger partial charge in [-0.1, -0.05) is 30.3 Å². The van der Waals surface area contributed by atoms with Gasteiger partial charge in [-0.05, 0) is 74.4 Å². The first-order valence-electron chi connectivity index (χ1n) is 13.8. The van der Waals surface area contributed by atoms with Crippen LogP contribution in [-0.2, 0) is 16.6 Å². The highest BCUT2D eigenvalue weighted by molar-refractivity contribution is 7.89. The Bertz CT molecular complexity index is 1620. The lowest BCUT2D eigenvalue weighted by Gasteiger charge is -2.36. The van der Waals surface area contributed by atoms with Gasteiger partial charge in [0.25, 0.3) is 0 Å². The van der Waals surface area contributed by atoms with Crippen LogP contribution in [0.5, 0.6) is 5.75 Å². The number of imidazole rings is 1.